The maximum atomic E-state index is 6.18. The molecule has 152 valence electrons. The monoisotopic (exact) mass is 384 g/mol. The summed E-state index contributed by atoms with van der Waals surface area (Å²) < 4.78 is 8.09. The molecule has 1 atom stereocenters. The summed E-state index contributed by atoms with van der Waals surface area (Å²) in [7, 11) is 0. The number of aromatic nitrogens is 3. The molecule has 2 aromatic rings. The molecule has 2 fully saturated rings. The van der Waals surface area contributed by atoms with Gasteiger partial charge in [0.1, 0.15) is 12.7 Å². The van der Waals surface area contributed by atoms with Gasteiger partial charge in [-0.3, -0.25) is 19.4 Å². The van der Waals surface area contributed by atoms with E-state index in [1.165, 1.54) is 5.56 Å². The molecule has 0 aliphatic carbocycles. The lowest BCUT2D eigenvalue weighted by atomic mass is 10.2. The Kier molecular flexibility index (Phi) is 7.05. The minimum absolute atomic E-state index is 0.313. The van der Waals surface area contributed by atoms with Crippen LogP contribution in [-0.4, -0.2) is 94.5 Å². The number of nitrogens with zero attached hydrogens (tertiary/aromatic N) is 6. The molecule has 0 radical (unpaired) electrons. The first-order chi connectivity index (χ1) is 13.8. The molecule has 2 saturated heterocycles. The highest BCUT2D eigenvalue weighted by Crippen LogP contribution is 2.13. The summed E-state index contributed by atoms with van der Waals surface area (Å²) >= 11 is 0. The van der Waals surface area contributed by atoms with Crippen LogP contribution in [0.2, 0.25) is 0 Å². The highest BCUT2D eigenvalue weighted by Gasteiger charge is 2.24. The van der Waals surface area contributed by atoms with Gasteiger partial charge in [0.25, 0.3) is 0 Å². The third-order valence-electron chi connectivity index (χ3n) is 5.72. The van der Waals surface area contributed by atoms with E-state index in [1.807, 2.05) is 4.68 Å². The third-order valence-corrected chi connectivity index (χ3v) is 5.72. The average molecular weight is 385 g/mol. The van der Waals surface area contributed by atoms with Crippen molar-refractivity contribution in [2.45, 2.75) is 25.6 Å². The van der Waals surface area contributed by atoms with Gasteiger partial charge in [-0.25, -0.2) is 4.98 Å². The fourth-order valence-corrected chi connectivity index (χ4v) is 4.14. The number of rotatable bonds is 7. The van der Waals surface area contributed by atoms with Crippen LogP contribution in [0.25, 0.3) is 0 Å². The summed E-state index contributed by atoms with van der Waals surface area (Å²) in [6, 6.07) is 10.8. The van der Waals surface area contributed by atoms with Crippen LogP contribution >= 0.6 is 0 Å². The number of benzene rings is 1. The van der Waals surface area contributed by atoms with E-state index >= 15 is 0 Å². The SMILES string of the molecule is c1ccc(CN2CCCOC(CN3CCN(CCn4cncn4)CC3)C2)cc1. The van der Waals surface area contributed by atoms with Crippen LogP contribution in [0.15, 0.2) is 43.0 Å². The second-order valence-corrected chi connectivity index (χ2v) is 7.87. The largest absolute Gasteiger partial charge is 0.376 e. The molecule has 0 N–H and O–H groups in total. The van der Waals surface area contributed by atoms with Crippen LogP contribution in [0.4, 0.5) is 0 Å². The molecule has 1 aromatic heterocycles. The van der Waals surface area contributed by atoms with E-state index < -0.39 is 0 Å². The highest BCUT2D eigenvalue weighted by atomic mass is 16.5. The summed E-state index contributed by atoms with van der Waals surface area (Å²) in [5.41, 5.74) is 1.39. The molecule has 3 heterocycles. The first-order valence-electron chi connectivity index (χ1n) is 10.5. The Hall–Kier alpha value is -1.80. The minimum Gasteiger partial charge on any atom is -0.376 e. The van der Waals surface area contributed by atoms with Gasteiger partial charge in [-0.15, -0.1) is 0 Å². The lowest BCUT2D eigenvalue weighted by molar-refractivity contribution is 0.0128. The number of hydrogen-bond donors (Lipinski definition) is 0. The van der Waals surface area contributed by atoms with Crippen molar-refractivity contribution in [2.75, 3.05) is 59.0 Å². The van der Waals surface area contributed by atoms with Crippen LogP contribution in [0.1, 0.15) is 12.0 Å². The van der Waals surface area contributed by atoms with Gasteiger partial charge in [-0.05, 0) is 12.0 Å². The first kappa shape index (κ1) is 19.5. The maximum Gasteiger partial charge on any atom is 0.137 e. The molecule has 0 amide bonds. The van der Waals surface area contributed by atoms with Crippen molar-refractivity contribution in [1.82, 2.24) is 29.5 Å². The van der Waals surface area contributed by atoms with E-state index in [9.17, 15) is 0 Å². The summed E-state index contributed by atoms with van der Waals surface area (Å²) in [6.45, 7) is 11.5. The van der Waals surface area contributed by atoms with Crippen molar-refractivity contribution >= 4 is 0 Å². The molecule has 1 aromatic carbocycles. The van der Waals surface area contributed by atoms with Crippen molar-refractivity contribution in [3.63, 3.8) is 0 Å². The summed E-state index contributed by atoms with van der Waals surface area (Å²) in [5.74, 6) is 0. The minimum atomic E-state index is 0.313. The van der Waals surface area contributed by atoms with E-state index in [0.29, 0.717) is 6.10 Å². The molecular weight excluding hydrogens is 352 g/mol. The highest BCUT2D eigenvalue weighted by molar-refractivity contribution is 5.14. The number of piperazine rings is 1. The number of hydrogen-bond acceptors (Lipinski definition) is 6. The van der Waals surface area contributed by atoms with Gasteiger partial charge in [0, 0.05) is 65.5 Å². The predicted octanol–water partition coefficient (Wildman–Crippen LogP) is 1.19. The summed E-state index contributed by atoms with van der Waals surface area (Å²) in [4.78, 5) is 11.7. The van der Waals surface area contributed by atoms with Gasteiger partial charge in [0.05, 0.1) is 12.6 Å². The molecule has 4 rings (SSSR count). The van der Waals surface area contributed by atoms with Gasteiger partial charge < -0.3 is 4.74 Å². The zero-order chi connectivity index (χ0) is 19.0. The van der Waals surface area contributed by atoms with Gasteiger partial charge >= 0.3 is 0 Å². The molecule has 1 unspecified atom stereocenters. The fraction of sp³-hybridized carbons (Fsp3) is 0.619. The van der Waals surface area contributed by atoms with Crippen molar-refractivity contribution in [1.29, 1.82) is 0 Å². The Morgan fingerprint density at radius 1 is 0.929 bits per heavy atom. The zero-order valence-electron chi connectivity index (χ0n) is 16.7. The van der Waals surface area contributed by atoms with Gasteiger partial charge in [0.15, 0.2) is 0 Å². The van der Waals surface area contributed by atoms with Crippen molar-refractivity contribution in [3.8, 4) is 0 Å². The molecule has 0 saturated carbocycles. The quantitative estimate of drug-likeness (QED) is 0.715. The van der Waals surface area contributed by atoms with Gasteiger partial charge in [0.2, 0.25) is 0 Å². The molecule has 0 spiro atoms. The smallest absolute Gasteiger partial charge is 0.137 e. The van der Waals surface area contributed by atoms with Crippen LogP contribution in [0, 0.1) is 0 Å². The van der Waals surface area contributed by atoms with Crippen LogP contribution < -0.4 is 0 Å². The molecule has 2 aliphatic heterocycles. The van der Waals surface area contributed by atoms with Crippen molar-refractivity contribution in [2.24, 2.45) is 0 Å². The van der Waals surface area contributed by atoms with E-state index in [1.54, 1.807) is 12.7 Å². The second-order valence-electron chi connectivity index (χ2n) is 7.87. The predicted molar refractivity (Wildman–Crippen MR) is 109 cm³/mol. The van der Waals surface area contributed by atoms with Gasteiger partial charge in [-0.2, -0.15) is 5.10 Å². The summed E-state index contributed by atoms with van der Waals surface area (Å²) in [6.07, 6.45) is 4.83. The Morgan fingerprint density at radius 2 is 1.75 bits per heavy atom. The Bertz CT molecular complexity index is 671. The lowest BCUT2D eigenvalue weighted by Crippen LogP contribution is -2.50. The Balaban J connectivity index is 1.20. The lowest BCUT2D eigenvalue weighted by Gasteiger charge is -2.36. The average Bonchev–Trinajstić information content (AvgIpc) is 3.16. The number of ether oxygens (including phenoxy) is 1. The normalized spacial score (nSPS) is 22.9. The Morgan fingerprint density at radius 3 is 2.54 bits per heavy atom. The molecular formula is C21H32N6O. The topological polar surface area (TPSA) is 49.7 Å². The maximum absolute atomic E-state index is 6.18. The molecule has 7 heteroatoms. The van der Waals surface area contributed by atoms with Crippen molar-refractivity contribution < 1.29 is 4.74 Å². The molecule has 7 nitrogen and oxygen atoms in total. The standard InChI is InChI=1S/C21H32N6O/c1-2-5-20(6-3-1)15-26-7-4-14-28-21(17-26)16-25-10-8-24(9-11-25)12-13-27-19-22-18-23-27/h1-3,5-6,18-19,21H,4,7-17H2. The second kappa shape index (κ2) is 10.1. The van der Waals surface area contributed by atoms with Crippen LogP contribution in [0.3, 0.4) is 0 Å². The van der Waals surface area contributed by atoms with Gasteiger partial charge in [-0.1, -0.05) is 30.3 Å². The van der Waals surface area contributed by atoms with E-state index in [-0.39, 0.29) is 0 Å². The summed E-state index contributed by atoms with van der Waals surface area (Å²) in [5, 5.41) is 4.19. The van der Waals surface area contributed by atoms with Crippen molar-refractivity contribution in [3.05, 3.63) is 48.5 Å². The molecule has 28 heavy (non-hydrogen) atoms. The Labute approximate surface area is 167 Å². The van der Waals surface area contributed by atoms with E-state index in [2.05, 4.69) is 55.1 Å². The fourth-order valence-electron chi connectivity index (χ4n) is 4.14. The van der Waals surface area contributed by atoms with E-state index in [0.717, 1.165) is 78.5 Å². The first-order valence-corrected chi connectivity index (χ1v) is 10.5. The third kappa shape index (κ3) is 5.85. The van der Waals surface area contributed by atoms with Crippen LogP contribution in [-0.2, 0) is 17.8 Å². The van der Waals surface area contributed by atoms with Crippen LogP contribution in [0.5, 0.6) is 0 Å². The molecule has 2 aliphatic rings. The molecule has 0 bridgehead atoms. The zero-order valence-corrected chi connectivity index (χ0v) is 16.7. The van der Waals surface area contributed by atoms with E-state index in [4.69, 9.17) is 4.74 Å².